The zero-order valence-corrected chi connectivity index (χ0v) is 20.1. The minimum absolute atomic E-state index is 0.152. The Hall–Kier alpha value is -3.11. The number of hydrogen-bond acceptors (Lipinski definition) is 2. The van der Waals surface area contributed by atoms with Gasteiger partial charge < -0.3 is 9.47 Å². The van der Waals surface area contributed by atoms with E-state index < -0.39 is 0 Å². The molecule has 0 bridgehead atoms. The molecule has 1 fully saturated rings. The van der Waals surface area contributed by atoms with Crippen LogP contribution in [0, 0.1) is 0 Å². The Morgan fingerprint density at radius 3 is 2.41 bits per heavy atom. The Kier molecular flexibility index (Phi) is 6.96. The highest BCUT2D eigenvalue weighted by Gasteiger charge is 2.27. The maximum atomic E-state index is 13.9. The first-order valence-electron chi connectivity index (χ1n) is 12.2. The SMILES string of the molecule is O=C(Cn1c(Cc2ccccc2Cl)nc2ccccc21)N(Cc1ccccc1)C1CCCCC1. The van der Waals surface area contributed by atoms with Gasteiger partial charge in [0.15, 0.2) is 0 Å². The van der Waals surface area contributed by atoms with Crippen molar-refractivity contribution in [2.24, 2.45) is 0 Å². The van der Waals surface area contributed by atoms with Gasteiger partial charge in [0.05, 0.1) is 11.0 Å². The summed E-state index contributed by atoms with van der Waals surface area (Å²) in [5.74, 6) is 1.02. The minimum Gasteiger partial charge on any atom is -0.334 e. The van der Waals surface area contributed by atoms with Crippen LogP contribution in [0.3, 0.4) is 0 Å². The average Bonchev–Trinajstić information content (AvgIpc) is 3.22. The zero-order valence-electron chi connectivity index (χ0n) is 19.4. The molecule has 0 atom stereocenters. The molecule has 174 valence electrons. The maximum Gasteiger partial charge on any atom is 0.243 e. The molecule has 5 heteroatoms. The number of benzene rings is 3. The van der Waals surface area contributed by atoms with Crippen molar-refractivity contribution >= 4 is 28.5 Å². The van der Waals surface area contributed by atoms with E-state index in [1.165, 1.54) is 24.8 Å². The molecule has 0 radical (unpaired) electrons. The van der Waals surface area contributed by atoms with Gasteiger partial charge in [-0.1, -0.05) is 91.5 Å². The van der Waals surface area contributed by atoms with Crippen molar-refractivity contribution in [3.8, 4) is 0 Å². The lowest BCUT2D eigenvalue weighted by Crippen LogP contribution is -2.42. The van der Waals surface area contributed by atoms with Crippen LogP contribution in [-0.4, -0.2) is 26.4 Å². The third-order valence-corrected chi connectivity index (χ3v) is 7.23. The summed E-state index contributed by atoms with van der Waals surface area (Å²) in [6, 6.07) is 26.5. The normalized spacial score (nSPS) is 14.4. The van der Waals surface area contributed by atoms with Gasteiger partial charge in [0.1, 0.15) is 12.4 Å². The van der Waals surface area contributed by atoms with Crippen LogP contribution < -0.4 is 0 Å². The van der Waals surface area contributed by atoms with Gasteiger partial charge in [-0.25, -0.2) is 4.98 Å². The summed E-state index contributed by atoms with van der Waals surface area (Å²) in [4.78, 5) is 20.9. The highest BCUT2D eigenvalue weighted by Crippen LogP contribution is 2.26. The molecule has 1 saturated carbocycles. The predicted octanol–water partition coefficient (Wildman–Crippen LogP) is 6.64. The van der Waals surface area contributed by atoms with Crippen LogP contribution in [-0.2, 0) is 24.3 Å². The molecule has 34 heavy (non-hydrogen) atoms. The first-order valence-corrected chi connectivity index (χ1v) is 12.6. The van der Waals surface area contributed by atoms with E-state index in [0.717, 1.165) is 40.3 Å². The lowest BCUT2D eigenvalue weighted by atomic mass is 9.93. The quantitative estimate of drug-likeness (QED) is 0.303. The number of fused-ring (bicyclic) bond motifs is 1. The molecule has 0 unspecified atom stereocenters. The van der Waals surface area contributed by atoms with Crippen LogP contribution in [0.2, 0.25) is 5.02 Å². The van der Waals surface area contributed by atoms with Crippen molar-refractivity contribution in [1.29, 1.82) is 0 Å². The molecule has 0 saturated heterocycles. The number of imidazole rings is 1. The standard InChI is InChI=1S/C29H30ClN3O/c30-25-16-8-7-13-23(25)19-28-31-26-17-9-10-18-27(26)33(28)21-29(34)32(24-14-5-2-6-15-24)20-22-11-3-1-4-12-22/h1,3-4,7-13,16-18,24H,2,5-6,14-15,19-21H2. The van der Waals surface area contributed by atoms with Crippen molar-refractivity contribution in [1.82, 2.24) is 14.5 Å². The molecule has 0 spiro atoms. The van der Waals surface area contributed by atoms with E-state index in [4.69, 9.17) is 16.6 Å². The van der Waals surface area contributed by atoms with E-state index >= 15 is 0 Å². The molecule has 1 amide bonds. The van der Waals surface area contributed by atoms with E-state index in [1.54, 1.807) is 0 Å². The zero-order chi connectivity index (χ0) is 23.3. The third kappa shape index (κ3) is 5.02. The minimum atomic E-state index is 0.152. The number of aromatic nitrogens is 2. The average molecular weight is 472 g/mol. The number of halogens is 1. The second-order valence-electron chi connectivity index (χ2n) is 9.17. The van der Waals surface area contributed by atoms with Crippen molar-refractivity contribution in [3.63, 3.8) is 0 Å². The fraction of sp³-hybridized carbons (Fsp3) is 0.310. The predicted molar refractivity (Wildman–Crippen MR) is 138 cm³/mol. The summed E-state index contributed by atoms with van der Waals surface area (Å²) in [6.45, 7) is 0.931. The Balaban J connectivity index is 1.47. The Morgan fingerprint density at radius 2 is 1.62 bits per heavy atom. The fourth-order valence-corrected chi connectivity index (χ4v) is 5.27. The van der Waals surface area contributed by atoms with Crippen molar-refractivity contribution in [2.75, 3.05) is 0 Å². The Morgan fingerprint density at radius 1 is 0.912 bits per heavy atom. The first-order chi connectivity index (χ1) is 16.7. The summed E-state index contributed by atoms with van der Waals surface area (Å²) < 4.78 is 2.09. The van der Waals surface area contributed by atoms with Gasteiger partial charge in [-0.3, -0.25) is 4.79 Å². The van der Waals surface area contributed by atoms with Gasteiger partial charge in [-0.15, -0.1) is 0 Å². The monoisotopic (exact) mass is 471 g/mol. The molecule has 1 aliphatic rings. The number of amides is 1. The van der Waals surface area contributed by atoms with Crippen molar-refractivity contribution in [3.05, 3.63) is 101 Å². The van der Waals surface area contributed by atoms with Gasteiger partial charge in [0, 0.05) is 24.0 Å². The third-order valence-electron chi connectivity index (χ3n) is 6.86. The van der Waals surface area contributed by atoms with Crippen LogP contribution >= 0.6 is 11.6 Å². The number of carbonyl (C=O) groups is 1. The number of hydrogen-bond donors (Lipinski definition) is 0. The lowest BCUT2D eigenvalue weighted by molar-refractivity contribution is -0.135. The molecule has 0 aliphatic heterocycles. The van der Waals surface area contributed by atoms with E-state index in [-0.39, 0.29) is 12.5 Å². The van der Waals surface area contributed by atoms with Gasteiger partial charge in [0.2, 0.25) is 5.91 Å². The van der Waals surface area contributed by atoms with Gasteiger partial charge in [-0.2, -0.15) is 0 Å². The second-order valence-corrected chi connectivity index (χ2v) is 9.58. The molecule has 4 nitrogen and oxygen atoms in total. The van der Waals surface area contributed by atoms with E-state index in [0.29, 0.717) is 19.0 Å². The molecule has 0 N–H and O–H groups in total. The highest BCUT2D eigenvalue weighted by atomic mass is 35.5. The molecule has 1 heterocycles. The Labute approximate surface area is 206 Å². The molecule has 4 aromatic rings. The van der Waals surface area contributed by atoms with E-state index in [1.807, 2.05) is 66.7 Å². The van der Waals surface area contributed by atoms with Gasteiger partial charge in [0.25, 0.3) is 0 Å². The fourth-order valence-electron chi connectivity index (χ4n) is 5.07. The van der Waals surface area contributed by atoms with Gasteiger partial charge >= 0.3 is 0 Å². The summed E-state index contributed by atoms with van der Waals surface area (Å²) in [7, 11) is 0. The summed E-state index contributed by atoms with van der Waals surface area (Å²) in [5, 5.41) is 0.723. The topological polar surface area (TPSA) is 38.1 Å². The molecule has 1 aromatic heterocycles. The van der Waals surface area contributed by atoms with Crippen LogP contribution in [0.25, 0.3) is 11.0 Å². The number of carbonyl (C=O) groups excluding carboxylic acids is 1. The van der Waals surface area contributed by atoms with Crippen molar-refractivity contribution < 1.29 is 4.79 Å². The van der Waals surface area contributed by atoms with Crippen LogP contribution in [0.4, 0.5) is 0 Å². The van der Waals surface area contributed by atoms with Crippen LogP contribution in [0.1, 0.15) is 49.1 Å². The molecule has 1 aliphatic carbocycles. The smallest absolute Gasteiger partial charge is 0.243 e. The highest BCUT2D eigenvalue weighted by molar-refractivity contribution is 6.31. The molecule has 3 aromatic carbocycles. The van der Waals surface area contributed by atoms with Crippen molar-refractivity contribution in [2.45, 2.75) is 57.7 Å². The van der Waals surface area contributed by atoms with Crippen LogP contribution in [0.5, 0.6) is 0 Å². The molecular weight excluding hydrogens is 442 g/mol. The van der Waals surface area contributed by atoms with E-state index in [9.17, 15) is 4.79 Å². The number of para-hydroxylation sites is 2. The second kappa shape index (κ2) is 10.4. The summed E-state index contributed by atoms with van der Waals surface area (Å²) in [6.07, 6.45) is 6.39. The summed E-state index contributed by atoms with van der Waals surface area (Å²) in [5.41, 5.74) is 4.08. The first kappa shape index (κ1) is 22.7. The largest absolute Gasteiger partial charge is 0.334 e. The molecular formula is C29H30ClN3O. The van der Waals surface area contributed by atoms with E-state index in [2.05, 4.69) is 21.6 Å². The maximum absolute atomic E-state index is 13.9. The summed E-state index contributed by atoms with van der Waals surface area (Å²) >= 11 is 6.46. The van der Waals surface area contributed by atoms with Gasteiger partial charge in [-0.05, 0) is 42.2 Å². The number of nitrogens with zero attached hydrogens (tertiary/aromatic N) is 3. The Bertz CT molecular complexity index is 1260. The molecule has 5 rings (SSSR count). The number of rotatable bonds is 7. The lowest BCUT2D eigenvalue weighted by Gasteiger charge is -2.35. The van der Waals surface area contributed by atoms with Crippen LogP contribution in [0.15, 0.2) is 78.9 Å².